The lowest BCUT2D eigenvalue weighted by atomic mass is 10.1. The summed E-state index contributed by atoms with van der Waals surface area (Å²) in [6.07, 6.45) is 3.61. The summed E-state index contributed by atoms with van der Waals surface area (Å²) in [5, 5.41) is 0. The highest BCUT2D eigenvalue weighted by Crippen LogP contribution is 2.14. The third-order valence-corrected chi connectivity index (χ3v) is 1.43. The van der Waals surface area contributed by atoms with E-state index in [1.807, 2.05) is 13.8 Å². The van der Waals surface area contributed by atoms with Gasteiger partial charge < -0.3 is 4.74 Å². The molecule has 0 amide bonds. The molecule has 0 radical (unpaired) electrons. The average molecular weight is 169 g/mol. The fraction of sp³-hybridized carbons (Fsp3) is 0.556. The number of methoxy groups -OCH3 is 1. The summed E-state index contributed by atoms with van der Waals surface area (Å²) >= 11 is 0. The predicted molar refractivity (Wildman–Crippen MR) is 47.1 cm³/mol. The van der Waals surface area contributed by atoms with Gasteiger partial charge >= 0.3 is 0 Å². The lowest BCUT2D eigenvalue weighted by Crippen LogP contribution is -2.01. The number of hydrogen-bond acceptors (Lipinski definition) is 3. The van der Waals surface area contributed by atoms with Crippen LogP contribution in [0.2, 0.25) is 0 Å². The molecule has 1 rings (SSSR count). The first-order chi connectivity index (χ1) is 6.88. The molecule has 0 saturated carbocycles. The van der Waals surface area contributed by atoms with Crippen LogP contribution in [0.1, 0.15) is 23.7 Å². The van der Waals surface area contributed by atoms with Gasteiger partial charge in [0.25, 0.3) is 0 Å². The molecule has 0 aromatic carbocycles. The Hall–Kier alpha value is -1.12. The van der Waals surface area contributed by atoms with E-state index in [4.69, 9.17) is 8.85 Å². The first kappa shape index (κ1) is 5.51. The summed E-state index contributed by atoms with van der Waals surface area (Å²) in [5.41, 5.74) is 0.587. The third-order valence-electron chi connectivity index (χ3n) is 1.43. The fourth-order valence-electron chi connectivity index (χ4n) is 0.966. The van der Waals surface area contributed by atoms with Crippen molar-refractivity contribution in [2.75, 3.05) is 7.04 Å². The van der Waals surface area contributed by atoms with Gasteiger partial charge in [-0.1, -0.05) is 13.8 Å². The molecule has 0 aliphatic heterocycles. The fourth-order valence-corrected chi connectivity index (χ4v) is 0.966. The quantitative estimate of drug-likeness (QED) is 0.690. The van der Waals surface area contributed by atoms with E-state index in [1.165, 1.54) is 12.4 Å². The molecule has 0 atom stereocenters. The molecule has 3 nitrogen and oxygen atoms in total. The Morgan fingerprint density at radius 2 is 2.25 bits per heavy atom. The Morgan fingerprint density at radius 3 is 2.92 bits per heavy atom. The van der Waals surface area contributed by atoms with E-state index in [1.54, 1.807) is 0 Å². The highest BCUT2D eigenvalue weighted by atomic mass is 16.5. The van der Waals surface area contributed by atoms with Crippen molar-refractivity contribution >= 4 is 0 Å². The van der Waals surface area contributed by atoms with Crippen LogP contribution in [0.4, 0.5) is 0 Å². The smallest absolute Gasteiger partial charge is 0.235 e. The van der Waals surface area contributed by atoms with Crippen LogP contribution in [0, 0.1) is 5.92 Å². The molecule has 0 aliphatic rings. The molecule has 1 heterocycles. The van der Waals surface area contributed by atoms with Crippen molar-refractivity contribution in [3.05, 3.63) is 18.1 Å². The van der Waals surface area contributed by atoms with Crippen molar-refractivity contribution in [1.29, 1.82) is 0 Å². The zero-order chi connectivity index (χ0) is 11.5. The molecule has 0 fully saturated rings. The number of nitrogens with zero attached hydrogens (tertiary/aromatic N) is 2. The summed E-state index contributed by atoms with van der Waals surface area (Å²) in [7, 11) is -2.47. The first-order valence-electron chi connectivity index (χ1n) is 5.37. The summed E-state index contributed by atoms with van der Waals surface area (Å²) in [5.74, 6) is 0.479. The van der Waals surface area contributed by atoms with Crippen LogP contribution in [-0.2, 0) is 6.42 Å². The van der Waals surface area contributed by atoms with Gasteiger partial charge in [-0.3, -0.25) is 4.98 Å². The van der Waals surface area contributed by atoms with E-state index in [-0.39, 0.29) is 5.88 Å². The molecule has 1 aromatic rings. The largest absolute Gasteiger partial charge is 0.480 e. The van der Waals surface area contributed by atoms with Gasteiger partial charge in [0.2, 0.25) is 5.88 Å². The van der Waals surface area contributed by atoms with E-state index in [2.05, 4.69) is 9.97 Å². The Bertz CT molecular complexity index is 325. The van der Waals surface area contributed by atoms with Gasteiger partial charge in [-0.15, -0.1) is 0 Å². The molecule has 1 aromatic heterocycles. The van der Waals surface area contributed by atoms with Gasteiger partial charge in [0.15, 0.2) is 0 Å². The summed E-state index contributed by atoms with van der Waals surface area (Å²) in [6.45, 7) is 4.04. The number of ether oxygens (including phenoxy) is 1. The molecular formula is C9H14N2O. The third kappa shape index (κ3) is 2.19. The maximum atomic E-state index is 6.99. The zero-order valence-corrected chi connectivity index (χ0v) is 7.24. The molecule has 0 bridgehead atoms. The van der Waals surface area contributed by atoms with Crippen LogP contribution in [0.25, 0.3) is 0 Å². The molecule has 0 spiro atoms. The SMILES string of the molecule is [2H]C([2H])([2H])Oc1nccnc1CC(C)C. The predicted octanol–water partition coefficient (Wildman–Crippen LogP) is 1.68. The van der Waals surface area contributed by atoms with Gasteiger partial charge in [-0.25, -0.2) is 4.98 Å². The first-order valence-corrected chi connectivity index (χ1v) is 3.87. The Labute approximate surface area is 77.0 Å². The van der Waals surface area contributed by atoms with Crippen molar-refractivity contribution in [3.8, 4) is 5.88 Å². The molecule has 0 saturated heterocycles. The molecule has 0 N–H and O–H groups in total. The maximum Gasteiger partial charge on any atom is 0.235 e. The molecule has 3 heteroatoms. The van der Waals surface area contributed by atoms with Crippen molar-refractivity contribution in [3.63, 3.8) is 0 Å². The van der Waals surface area contributed by atoms with Gasteiger partial charge in [-0.05, 0) is 12.3 Å². The van der Waals surface area contributed by atoms with E-state index < -0.39 is 7.04 Å². The van der Waals surface area contributed by atoms with Crippen LogP contribution in [-0.4, -0.2) is 17.0 Å². The van der Waals surface area contributed by atoms with Crippen molar-refractivity contribution < 1.29 is 8.85 Å². The summed E-state index contributed by atoms with van der Waals surface area (Å²) < 4.78 is 25.7. The van der Waals surface area contributed by atoms with E-state index in [9.17, 15) is 0 Å². The van der Waals surface area contributed by atoms with Gasteiger partial charge in [-0.2, -0.15) is 0 Å². The maximum absolute atomic E-state index is 6.99. The van der Waals surface area contributed by atoms with Gasteiger partial charge in [0, 0.05) is 12.4 Å². The molecule has 0 aliphatic carbocycles. The Morgan fingerprint density at radius 1 is 1.50 bits per heavy atom. The monoisotopic (exact) mass is 169 g/mol. The zero-order valence-electron chi connectivity index (χ0n) is 10.2. The number of rotatable bonds is 3. The van der Waals surface area contributed by atoms with Crippen LogP contribution in [0.5, 0.6) is 5.88 Å². The highest BCUT2D eigenvalue weighted by Gasteiger charge is 2.06. The van der Waals surface area contributed by atoms with Gasteiger partial charge in [0.05, 0.1) is 11.2 Å². The van der Waals surface area contributed by atoms with Gasteiger partial charge in [0.1, 0.15) is 5.69 Å². The van der Waals surface area contributed by atoms with Crippen LogP contribution < -0.4 is 4.74 Å². The molecule has 66 valence electrons. The number of aromatic nitrogens is 2. The van der Waals surface area contributed by atoms with Crippen molar-refractivity contribution in [2.24, 2.45) is 5.92 Å². The minimum absolute atomic E-state index is 0.103. The second-order valence-corrected chi connectivity index (χ2v) is 3.01. The number of hydrogen-bond donors (Lipinski definition) is 0. The highest BCUT2D eigenvalue weighted by molar-refractivity contribution is 5.17. The Balaban J connectivity index is 2.86. The van der Waals surface area contributed by atoms with E-state index in [0.29, 0.717) is 18.0 Å². The van der Waals surface area contributed by atoms with Crippen molar-refractivity contribution in [1.82, 2.24) is 9.97 Å². The lowest BCUT2D eigenvalue weighted by Gasteiger charge is -2.06. The second-order valence-electron chi connectivity index (χ2n) is 3.01. The van der Waals surface area contributed by atoms with E-state index >= 15 is 0 Å². The lowest BCUT2D eigenvalue weighted by molar-refractivity contribution is 0.386. The van der Waals surface area contributed by atoms with Crippen LogP contribution >= 0.6 is 0 Å². The Kier molecular flexibility index (Phi) is 1.86. The minimum atomic E-state index is -2.47. The summed E-state index contributed by atoms with van der Waals surface area (Å²) in [4.78, 5) is 7.94. The molecule has 12 heavy (non-hydrogen) atoms. The average Bonchev–Trinajstić information content (AvgIpc) is 2.05. The summed E-state index contributed by atoms with van der Waals surface area (Å²) in [6, 6.07) is 0. The second kappa shape index (κ2) is 4.04. The normalized spacial score (nSPS) is 15.1. The molecular weight excluding hydrogens is 152 g/mol. The van der Waals surface area contributed by atoms with Crippen molar-refractivity contribution in [2.45, 2.75) is 20.3 Å². The van der Waals surface area contributed by atoms with Crippen LogP contribution in [0.15, 0.2) is 12.4 Å². The van der Waals surface area contributed by atoms with Crippen LogP contribution in [0.3, 0.4) is 0 Å². The minimum Gasteiger partial charge on any atom is -0.480 e. The molecule has 0 unspecified atom stereocenters. The topological polar surface area (TPSA) is 35.0 Å². The van der Waals surface area contributed by atoms with E-state index in [0.717, 1.165) is 0 Å². The standard InChI is InChI=1S/C9H14N2O/c1-7(2)6-8-9(12-3)11-5-4-10-8/h4-5,7H,6H2,1-3H3/i3D3.